The molecule has 0 bridgehead atoms. The third-order valence-corrected chi connectivity index (χ3v) is 4.78. The van der Waals surface area contributed by atoms with E-state index in [0.717, 1.165) is 18.5 Å². The highest BCUT2D eigenvalue weighted by Crippen LogP contribution is 2.25. The molecule has 12 heteroatoms. The summed E-state index contributed by atoms with van der Waals surface area (Å²) in [6.45, 7) is 1.61. The van der Waals surface area contributed by atoms with E-state index in [-0.39, 0.29) is 17.7 Å². The summed E-state index contributed by atoms with van der Waals surface area (Å²) in [5.74, 6) is -2.30. The van der Waals surface area contributed by atoms with E-state index in [4.69, 9.17) is 14.9 Å². The van der Waals surface area contributed by atoms with E-state index >= 15 is 0 Å². The minimum Gasteiger partial charge on any atom is -0.478 e. The molecular weight excluding hydrogens is 460 g/mol. The van der Waals surface area contributed by atoms with Crippen molar-refractivity contribution in [2.45, 2.75) is 19.1 Å². The van der Waals surface area contributed by atoms with Crippen LogP contribution in [-0.4, -0.2) is 81.1 Å². The first-order valence-electron chi connectivity index (χ1n) is 10.5. The molecule has 0 radical (unpaired) electrons. The average molecular weight is 486 g/mol. The van der Waals surface area contributed by atoms with E-state index in [1.165, 1.54) is 12.1 Å². The lowest BCUT2D eigenvalue weighted by atomic mass is 10.1. The fourth-order valence-electron chi connectivity index (χ4n) is 3.12. The minimum atomic E-state index is -1.26. The highest BCUT2D eigenvalue weighted by Gasteiger charge is 2.29. The van der Waals surface area contributed by atoms with Gasteiger partial charge >= 0.3 is 11.9 Å². The Balaban J connectivity index is 0.000000466. The first-order valence-corrected chi connectivity index (χ1v) is 10.5. The molecular formula is C23H26N4O8. The quantitative estimate of drug-likeness (QED) is 0.321. The van der Waals surface area contributed by atoms with Crippen molar-refractivity contribution >= 4 is 23.5 Å². The van der Waals surface area contributed by atoms with E-state index in [1.807, 2.05) is 14.1 Å². The number of nitrogens with zero attached hydrogens (tertiary/aromatic N) is 4. The Morgan fingerprint density at radius 2 is 1.83 bits per heavy atom. The second kappa shape index (κ2) is 12.8. The molecule has 1 atom stereocenters. The number of carbonyl (C=O) groups excluding carboxylic acids is 1. The number of aliphatic carboxylic acids is 2. The number of carboxylic acids is 2. The number of aromatic nitrogens is 1. The number of carboxylic acid groups (broad SMARTS) is 2. The van der Waals surface area contributed by atoms with Crippen LogP contribution in [0.4, 0.5) is 5.69 Å². The van der Waals surface area contributed by atoms with Gasteiger partial charge in [-0.3, -0.25) is 14.9 Å². The average Bonchev–Trinajstić information content (AvgIpc) is 2.94. The highest BCUT2D eigenvalue weighted by molar-refractivity contribution is 5.96. The van der Waals surface area contributed by atoms with Crippen molar-refractivity contribution in [1.29, 1.82) is 0 Å². The van der Waals surface area contributed by atoms with Gasteiger partial charge in [0.25, 0.3) is 11.6 Å². The highest BCUT2D eigenvalue weighted by atomic mass is 16.6. The number of nitro groups is 1. The molecule has 1 aromatic heterocycles. The van der Waals surface area contributed by atoms with E-state index in [0.29, 0.717) is 36.7 Å². The Hall–Kier alpha value is -4.32. The number of non-ortho nitro benzene ring substituents is 1. The van der Waals surface area contributed by atoms with Crippen molar-refractivity contribution in [2.24, 2.45) is 0 Å². The van der Waals surface area contributed by atoms with Crippen LogP contribution in [0.2, 0.25) is 0 Å². The molecule has 2 aromatic rings. The van der Waals surface area contributed by atoms with Gasteiger partial charge in [-0.25, -0.2) is 14.6 Å². The lowest BCUT2D eigenvalue weighted by Crippen LogP contribution is -2.37. The maximum absolute atomic E-state index is 13.0. The predicted molar refractivity (Wildman–Crippen MR) is 124 cm³/mol. The zero-order valence-electron chi connectivity index (χ0n) is 19.2. The van der Waals surface area contributed by atoms with Crippen molar-refractivity contribution < 1.29 is 34.3 Å². The number of rotatable bonds is 8. The molecule has 1 unspecified atom stereocenters. The Morgan fingerprint density at radius 3 is 2.37 bits per heavy atom. The number of hydrogen-bond acceptors (Lipinski definition) is 8. The smallest absolute Gasteiger partial charge is 0.328 e. The Labute approximate surface area is 201 Å². The Bertz CT molecular complexity index is 1070. The Kier molecular flexibility index (Phi) is 9.84. The van der Waals surface area contributed by atoms with Gasteiger partial charge in [-0.05, 0) is 38.2 Å². The lowest BCUT2D eigenvalue weighted by molar-refractivity contribution is -0.384. The SMILES string of the molecule is CN(C)CCC1CN(Cc2ccc([N+](=O)[O-])cc2)C(=O)c2cccnc2O1.O=C(O)C=CC(=O)O. The first kappa shape index (κ1) is 26.9. The van der Waals surface area contributed by atoms with Crippen LogP contribution in [0.1, 0.15) is 22.3 Å². The van der Waals surface area contributed by atoms with Crippen LogP contribution in [0.5, 0.6) is 5.88 Å². The van der Waals surface area contributed by atoms with E-state index in [1.54, 1.807) is 35.4 Å². The molecule has 0 saturated heterocycles. The first-order chi connectivity index (χ1) is 16.6. The number of ether oxygens (including phenoxy) is 1. The van der Waals surface area contributed by atoms with Gasteiger partial charge in [-0.15, -0.1) is 0 Å². The van der Waals surface area contributed by atoms with Crippen LogP contribution in [0, 0.1) is 10.1 Å². The standard InChI is InChI=1S/C19H22N4O4.C4H4O4/c1-21(2)11-9-16-13-22(12-14-5-7-15(8-6-14)23(25)26)19(24)17-4-3-10-20-18(17)27-16;5-3(6)1-2-4(7)8/h3-8,10,16H,9,11-13H2,1-2H3;1-2H,(H,5,6)(H,7,8). The van der Waals surface area contributed by atoms with Crippen molar-refractivity contribution in [3.63, 3.8) is 0 Å². The van der Waals surface area contributed by atoms with Gasteiger partial charge in [0.2, 0.25) is 5.88 Å². The summed E-state index contributed by atoms with van der Waals surface area (Å²) in [5.41, 5.74) is 1.29. The monoisotopic (exact) mass is 486 g/mol. The third kappa shape index (κ3) is 8.85. The molecule has 1 aliphatic heterocycles. The number of nitro benzene ring substituents is 1. The molecule has 1 aliphatic rings. The number of benzene rings is 1. The molecule has 186 valence electrons. The molecule has 12 nitrogen and oxygen atoms in total. The minimum absolute atomic E-state index is 0.0303. The van der Waals surface area contributed by atoms with Gasteiger partial charge < -0.3 is 24.7 Å². The topological polar surface area (TPSA) is 163 Å². The normalized spacial score (nSPS) is 15.0. The molecule has 1 aromatic carbocycles. The number of fused-ring (bicyclic) bond motifs is 1. The summed E-state index contributed by atoms with van der Waals surface area (Å²) >= 11 is 0. The van der Waals surface area contributed by atoms with E-state index in [2.05, 4.69) is 9.88 Å². The second-order valence-electron chi connectivity index (χ2n) is 7.81. The van der Waals surface area contributed by atoms with Gasteiger partial charge in [0, 0.05) is 43.6 Å². The molecule has 2 heterocycles. The van der Waals surface area contributed by atoms with Crippen LogP contribution >= 0.6 is 0 Å². The van der Waals surface area contributed by atoms with Crippen LogP contribution in [0.15, 0.2) is 54.7 Å². The summed E-state index contributed by atoms with van der Waals surface area (Å²) in [4.78, 5) is 50.5. The van der Waals surface area contributed by atoms with E-state index in [9.17, 15) is 24.5 Å². The van der Waals surface area contributed by atoms with Crippen molar-refractivity contribution in [3.05, 3.63) is 76.0 Å². The van der Waals surface area contributed by atoms with Crippen molar-refractivity contribution in [1.82, 2.24) is 14.8 Å². The fourth-order valence-corrected chi connectivity index (χ4v) is 3.12. The summed E-state index contributed by atoms with van der Waals surface area (Å²) in [5, 5.41) is 26.4. The van der Waals surface area contributed by atoms with Crippen LogP contribution in [0.25, 0.3) is 0 Å². The van der Waals surface area contributed by atoms with Crippen LogP contribution in [0.3, 0.4) is 0 Å². The third-order valence-electron chi connectivity index (χ3n) is 4.78. The van der Waals surface area contributed by atoms with Crippen molar-refractivity contribution in [3.8, 4) is 5.88 Å². The zero-order valence-corrected chi connectivity index (χ0v) is 19.2. The molecule has 0 fully saturated rings. The maximum Gasteiger partial charge on any atom is 0.328 e. The van der Waals surface area contributed by atoms with Gasteiger partial charge in [-0.1, -0.05) is 12.1 Å². The van der Waals surface area contributed by atoms with Crippen LogP contribution in [-0.2, 0) is 16.1 Å². The fraction of sp³-hybridized carbons (Fsp3) is 0.304. The largest absolute Gasteiger partial charge is 0.478 e. The summed E-state index contributed by atoms with van der Waals surface area (Å²) in [7, 11) is 3.98. The Morgan fingerprint density at radius 1 is 1.20 bits per heavy atom. The van der Waals surface area contributed by atoms with E-state index < -0.39 is 16.9 Å². The molecule has 0 spiro atoms. The molecule has 1 amide bonds. The second-order valence-corrected chi connectivity index (χ2v) is 7.81. The van der Waals surface area contributed by atoms with Gasteiger partial charge in [0.1, 0.15) is 11.7 Å². The molecule has 3 rings (SSSR count). The molecule has 2 N–H and O–H groups in total. The predicted octanol–water partition coefficient (Wildman–Crippen LogP) is 2.06. The van der Waals surface area contributed by atoms with Crippen LogP contribution < -0.4 is 4.74 Å². The summed E-state index contributed by atoms with van der Waals surface area (Å²) in [6, 6.07) is 9.68. The summed E-state index contributed by atoms with van der Waals surface area (Å²) in [6.07, 6.45) is 3.31. The molecule has 35 heavy (non-hydrogen) atoms. The zero-order chi connectivity index (χ0) is 26.0. The van der Waals surface area contributed by atoms with Gasteiger partial charge in [-0.2, -0.15) is 0 Å². The molecule has 0 aliphatic carbocycles. The number of hydrogen-bond donors (Lipinski definition) is 2. The number of amides is 1. The molecule has 0 saturated carbocycles. The van der Waals surface area contributed by atoms with Crippen molar-refractivity contribution in [2.75, 3.05) is 27.2 Å². The summed E-state index contributed by atoms with van der Waals surface area (Å²) < 4.78 is 6.01. The van der Waals surface area contributed by atoms with Gasteiger partial charge in [0.15, 0.2) is 0 Å². The maximum atomic E-state index is 13.0. The number of carbonyl (C=O) groups is 3. The number of pyridine rings is 1. The lowest BCUT2D eigenvalue weighted by Gasteiger charge is -2.25. The van der Waals surface area contributed by atoms with Gasteiger partial charge in [0.05, 0.1) is 11.5 Å².